The minimum absolute atomic E-state index is 0.191. The molecule has 0 bridgehead atoms. The molecule has 0 radical (unpaired) electrons. The van der Waals surface area contributed by atoms with Crippen LogP contribution in [0.4, 0.5) is 4.39 Å². The molecule has 2 aromatic carbocycles. The number of nitrogens with zero attached hydrogens (tertiary/aromatic N) is 3. The summed E-state index contributed by atoms with van der Waals surface area (Å²) in [6, 6.07) is 13.1. The molecule has 5 nitrogen and oxygen atoms in total. The van der Waals surface area contributed by atoms with Crippen molar-refractivity contribution in [3.05, 3.63) is 76.9 Å². The van der Waals surface area contributed by atoms with E-state index < -0.39 is 0 Å². The molecule has 0 N–H and O–H groups in total. The molecule has 0 unspecified atom stereocenters. The van der Waals surface area contributed by atoms with Gasteiger partial charge < -0.3 is 9.32 Å². The minimum atomic E-state index is -0.318. The molecule has 1 amide bonds. The van der Waals surface area contributed by atoms with Crippen LogP contribution in [0.3, 0.4) is 0 Å². The summed E-state index contributed by atoms with van der Waals surface area (Å²) in [5, 5.41) is 8.58. The Labute approximate surface area is 167 Å². The minimum Gasteiger partial charge on any atom is -0.419 e. The van der Waals surface area contributed by atoms with Gasteiger partial charge in [-0.25, -0.2) is 4.39 Å². The zero-order chi connectivity index (χ0) is 19.9. The fraction of sp³-hybridized carbons (Fsp3) is 0.190. The molecular weight excluding hydrogens is 381 g/mol. The van der Waals surface area contributed by atoms with E-state index in [2.05, 4.69) is 10.2 Å². The van der Waals surface area contributed by atoms with Gasteiger partial charge in [-0.3, -0.25) is 4.79 Å². The molecule has 0 atom stereocenters. The van der Waals surface area contributed by atoms with Crippen molar-refractivity contribution >= 4 is 23.6 Å². The summed E-state index contributed by atoms with van der Waals surface area (Å²) in [7, 11) is 0. The summed E-state index contributed by atoms with van der Waals surface area (Å²) in [4.78, 5) is 14.2. The van der Waals surface area contributed by atoms with Gasteiger partial charge in [-0.15, -0.1) is 10.2 Å². The van der Waals surface area contributed by atoms with E-state index in [4.69, 9.17) is 16.0 Å². The van der Waals surface area contributed by atoms with Gasteiger partial charge >= 0.3 is 0 Å². The number of rotatable bonds is 7. The van der Waals surface area contributed by atoms with Crippen molar-refractivity contribution in [1.29, 1.82) is 0 Å². The molecule has 3 rings (SSSR count). The SMILES string of the molecule is CCCN(Cc1nnc(-c2ccccc2Cl)o1)C(=O)C=Cc1ccc(F)cc1. The maximum atomic E-state index is 13.0. The van der Waals surface area contributed by atoms with Gasteiger partial charge in [-0.05, 0) is 42.3 Å². The van der Waals surface area contributed by atoms with Gasteiger partial charge in [-0.1, -0.05) is 42.8 Å². The lowest BCUT2D eigenvalue weighted by molar-refractivity contribution is -0.126. The monoisotopic (exact) mass is 399 g/mol. The number of hydrogen-bond donors (Lipinski definition) is 0. The van der Waals surface area contributed by atoms with Crippen LogP contribution in [0.15, 0.2) is 59.0 Å². The number of hydrogen-bond acceptors (Lipinski definition) is 4. The first-order valence-electron chi connectivity index (χ1n) is 8.86. The van der Waals surface area contributed by atoms with Crippen LogP contribution in [0.5, 0.6) is 0 Å². The van der Waals surface area contributed by atoms with Crippen molar-refractivity contribution in [2.75, 3.05) is 6.54 Å². The number of halogens is 2. The maximum Gasteiger partial charge on any atom is 0.249 e. The van der Waals surface area contributed by atoms with Crippen LogP contribution in [0.2, 0.25) is 5.02 Å². The Morgan fingerprint density at radius 1 is 1.18 bits per heavy atom. The molecule has 3 aromatic rings. The molecule has 7 heteroatoms. The highest BCUT2D eigenvalue weighted by Crippen LogP contribution is 2.26. The molecular formula is C21H19ClFN3O2. The highest BCUT2D eigenvalue weighted by Gasteiger charge is 2.16. The smallest absolute Gasteiger partial charge is 0.249 e. The summed E-state index contributed by atoms with van der Waals surface area (Å²) in [5.41, 5.74) is 1.39. The van der Waals surface area contributed by atoms with Crippen LogP contribution in [-0.4, -0.2) is 27.5 Å². The van der Waals surface area contributed by atoms with Gasteiger partial charge in [-0.2, -0.15) is 0 Å². The quantitative estimate of drug-likeness (QED) is 0.525. The first kappa shape index (κ1) is 19.8. The van der Waals surface area contributed by atoms with Gasteiger partial charge in [0.2, 0.25) is 17.7 Å². The van der Waals surface area contributed by atoms with E-state index in [1.54, 1.807) is 35.2 Å². The Morgan fingerprint density at radius 3 is 2.64 bits per heavy atom. The molecule has 0 fully saturated rings. The summed E-state index contributed by atoms with van der Waals surface area (Å²) < 4.78 is 18.7. The normalized spacial score (nSPS) is 11.1. The average Bonchev–Trinajstić information content (AvgIpc) is 3.15. The fourth-order valence-corrected chi connectivity index (χ4v) is 2.82. The standard InChI is InChI=1S/C21H19ClFN3O2/c1-2-13-26(20(27)12-9-15-7-10-16(23)11-8-15)14-19-24-25-21(28-19)17-5-3-4-6-18(17)22/h3-12H,2,13-14H2,1H3. The Hall–Kier alpha value is -2.99. The number of carbonyl (C=O) groups is 1. The van der Waals surface area contributed by atoms with Crippen LogP contribution < -0.4 is 0 Å². The third-order valence-electron chi connectivity index (χ3n) is 3.99. The molecule has 144 valence electrons. The topological polar surface area (TPSA) is 59.2 Å². The van der Waals surface area contributed by atoms with E-state index in [-0.39, 0.29) is 18.3 Å². The molecule has 0 aliphatic heterocycles. The Morgan fingerprint density at radius 2 is 1.93 bits per heavy atom. The number of aromatic nitrogens is 2. The highest BCUT2D eigenvalue weighted by molar-refractivity contribution is 6.33. The zero-order valence-electron chi connectivity index (χ0n) is 15.3. The van der Waals surface area contributed by atoms with Crippen LogP contribution in [0.1, 0.15) is 24.8 Å². The molecule has 0 saturated heterocycles. The summed E-state index contributed by atoms with van der Waals surface area (Å²) in [6.07, 6.45) is 3.88. The first-order valence-corrected chi connectivity index (χ1v) is 9.24. The fourth-order valence-electron chi connectivity index (χ4n) is 2.61. The Bertz CT molecular complexity index is 970. The average molecular weight is 400 g/mol. The van der Waals surface area contributed by atoms with E-state index in [9.17, 15) is 9.18 Å². The molecule has 1 heterocycles. The van der Waals surface area contributed by atoms with Crippen LogP contribution >= 0.6 is 11.6 Å². The molecule has 0 aliphatic rings. The third kappa shape index (κ3) is 5.04. The van der Waals surface area contributed by atoms with E-state index in [0.717, 1.165) is 12.0 Å². The summed E-state index contributed by atoms with van der Waals surface area (Å²) in [6.45, 7) is 2.71. The van der Waals surface area contributed by atoms with Crippen LogP contribution in [-0.2, 0) is 11.3 Å². The van der Waals surface area contributed by atoms with Crippen molar-refractivity contribution in [2.24, 2.45) is 0 Å². The van der Waals surface area contributed by atoms with E-state index in [1.807, 2.05) is 19.1 Å². The number of amides is 1. The van der Waals surface area contributed by atoms with Gasteiger partial charge in [0.15, 0.2) is 0 Å². The second-order valence-corrected chi connectivity index (χ2v) is 6.53. The lowest BCUT2D eigenvalue weighted by Crippen LogP contribution is -2.29. The maximum absolute atomic E-state index is 13.0. The zero-order valence-corrected chi connectivity index (χ0v) is 16.1. The number of carbonyl (C=O) groups excluding carboxylic acids is 1. The third-order valence-corrected chi connectivity index (χ3v) is 4.32. The highest BCUT2D eigenvalue weighted by atomic mass is 35.5. The Kier molecular flexibility index (Phi) is 6.55. The molecule has 0 saturated carbocycles. The first-order chi connectivity index (χ1) is 13.6. The molecule has 28 heavy (non-hydrogen) atoms. The van der Waals surface area contributed by atoms with Gasteiger partial charge in [0.25, 0.3) is 0 Å². The summed E-state index contributed by atoms with van der Waals surface area (Å²) in [5.74, 6) is 0.128. The van der Waals surface area contributed by atoms with Crippen molar-refractivity contribution in [2.45, 2.75) is 19.9 Å². The number of benzene rings is 2. The molecule has 0 spiro atoms. The lowest BCUT2D eigenvalue weighted by Gasteiger charge is -2.18. The van der Waals surface area contributed by atoms with Crippen LogP contribution in [0, 0.1) is 5.82 Å². The van der Waals surface area contributed by atoms with E-state index >= 15 is 0 Å². The van der Waals surface area contributed by atoms with Gasteiger partial charge in [0.1, 0.15) is 5.82 Å². The molecule has 1 aromatic heterocycles. The van der Waals surface area contributed by atoms with Gasteiger partial charge in [0.05, 0.1) is 17.1 Å². The summed E-state index contributed by atoms with van der Waals surface area (Å²) >= 11 is 6.16. The van der Waals surface area contributed by atoms with Crippen molar-refractivity contribution < 1.29 is 13.6 Å². The van der Waals surface area contributed by atoms with Gasteiger partial charge in [0, 0.05) is 12.6 Å². The predicted molar refractivity (Wildman–Crippen MR) is 106 cm³/mol. The molecule has 0 aliphatic carbocycles. The van der Waals surface area contributed by atoms with Crippen molar-refractivity contribution in [3.63, 3.8) is 0 Å². The second kappa shape index (κ2) is 9.28. The predicted octanol–water partition coefficient (Wildman–Crippen LogP) is 4.98. The van der Waals surface area contributed by atoms with Crippen molar-refractivity contribution in [3.8, 4) is 11.5 Å². The van der Waals surface area contributed by atoms with E-state index in [1.165, 1.54) is 18.2 Å². The second-order valence-electron chi connectivity index (χ2n) is 6.13. The van der Waals surface area contributed by atoms with E-state index in [0.29, 0.717) is 28.9 Å². The van der Waals surface area contributed by atoms with Crippen LogP contribution in [0.25, 0.3) is 17.5 Å². The lowest BCUT2D eigenvalue weighted by atomic mass is 10.2. The Balaban J connectivity index is 1.71. The largest absolute Gasteiger partial charge is 0.419 e. The van der Waals surface area contributed by atoms with Crippen molar-refractivity contribution in [1.82, 2.24) is 15.1 Å².